The van der Waals surface area contributed by atoms with Gasteiger partial charge in [0.1, 0.15) is 5.82 Å². The molecule has 0 radical (unpaired) electrons. The number of nitrogens with zero attached hydrogens (tertiary/aromatic N) is 2. The van der Waals surface area contributed by atoms with Crippen molar-refractivity contribution in [3.8, 4) is 28.5 Å². The van der Waals surface area contributed by atoms with Gasteiger partial charge in [-0.25, -0.2) is 9.37 Å². The number of benzene rings is 2. The molecule has 3 aromatic rings. The van der Waals surface area contributed by atoms with E-state index in [-0.39, 0.29) is 11.7 Å². The second-order valence-corrected chi connectivity index (χ2v) is 6.82. The minimum atomic E-state index is -0.308. The Labute approximate surface area is 172 Å². The molecule has 0 aliphatic heterocycles. The third-order valence-corrected chi connectivity index (χ3v) is 5.20. The zero-order valence-corrected chi connectivity index (χ0v) is 17.4. The van der Waals surface area contributed by atoms with Gasteiger partial charge in [0.05, 0.1) is 27.0 Å². The minimum absolute atomic E-state index is 0.244. The van der Waals surface area contributed by atoms with Gasteiger partial charge in [0, 0.05) is 23.1 Å². The lowest BCUT2D eigenvalue weighted by molar-refractivity contribution is 0.0987. The van der Waals surface area contributed by atoms with Crippen LogP contribution in [0.2, 0.25) is 0 Å². The Morgan fingerprint density at radius 2 is 1.69 bits per heavy atom. The maximum absolute atomic E-state index is 13.2. The van der Waals surface area contributed by atoms with Crippen LogP contribution in [-0.2, 0) is 0 Å². The largest absolute Gasteiger partial charge is 0.493 e. The lowest BCUT2D eigenvalue weighted by atomic mass is 10.1. The second kappa shape index (κ2) is 8.91. The van der Waals surface area contributed by atoms with Gasteiger partial charge in [0.15, 0.2) is 16.6 Å². The van der Waals surface area contributed by atoms with E-state index in [0.29, 0.717) is 40.2 Å². The summed E-state index contributed by atoms with van der Waals surface area (Å²) in [6.45, 7) is 2.29. The highest BCUT2D eigenvalue weighted by atomic mass is 32.1. The molecule has 0 fully saturated rings. The SMILES string of the molecule is CCN(C(=O)c1cc(OC)c(OC)c(OC)c1)c1nc(-c2ccc(F)cc2)cs1. The summed E-state index contributed by atoms with van der Waals surface area (Å²) >= 11 is 1.34. The van der Waals surface area contributed by atoms with E-state index in [1.807, 2.05) is 12.3 Å². The first-order chi connectivity index (χ1) is 14.0. The van der Waals surface area contributed by atoms with Crippen molar-refractivity contribution in [1.29, 1.82) is 0 Å². The molecule has 0 atom stereocenters. The van der Waals surface area contributed by atoms with Crippen molar-refractivity contribution in [2.45, 2.75) is 6.92 Å². The molecule has 0 unspecified atom stereocenters. The van der Waals surface area contributed by atoms with E-state index in [1.54, 1.807) is 29.2 Å². The number of hydrogen-bond acceptors (Lipinski definition) is 6. The summed E-state index contributed by atoms with van der Waals surface area (Å²) in [7, 11) is 4.50. The lowest BCUT2D eigenvalue weighted by Crippen LogP contribution is -2.30. The van der Waals surface area contributed by atoms with Gasteiger partial charge < -0.3 is 14.2 Å². The van der Waals surface area contributed by atoms with Gasteiger partial charge in [-0.1, -0.05) is 0 Å². The maximum atomic E-state index is 13.2. The third-order valence-electron chi connectivity index (χ3n) is 4.34. The van der Waals surface area contributed by atoms with E-state index in [0.717, 1.165) is 5.56 Å². The van der Waals surface area contributed by atoms with Crippen LogP contribution in [0.25, 0.3) is 11.3 Å². The number of methoxy groups -OCH3 is 3. The molecule has 0 spiro atoms. The number of thiazole rings is 1. The molecule has 0 bridgehead atoms. The Balaban J connectivity index is 1.94. The Morgan fingerprint density at radius 1 is 1.07 bits per heavy atom. The molecule has 2 aromatic carbocycles. The summed E-state index contributed by atoms with van der Waals surface area (Å²) in [5.74, 6) is 0.668. The first-order valence-electron chi connectivity index (χ1n) is 8.85. The molecule has 1 aromatic heterocycles. The number of rotatable bonds is 7. The molecule has 3 rings (SSSR count). The van der Waals surface area contributed by atoms with Gasteiger partial charge in [0.25, 0.3) is 5.91 Å². The van der Waals surface area contributed by atoms with E-state index < -0.39 is 0 Å². The van der Waals surface area contributed by atoms with Crippen molar-refractivity contribution >= 4 is 22.4 Å². The Hall–Kier alpha value is -3.13. The van der Waals surface area contributed by atoms with Gasteiger partial charge in [-0.2, -0.15) is 0 Å². The van der Waals surface area contributed by atoms with Crippen molar-refractivity contribution in [3.05, 3.63) is 53.2 Å². The number of anilines is 1. The molecular weight excluding hydrogens is 395 g/mol. The predicted octanol–water partition coefficient (Wildman–Crippen LogP) is 4.64. The number of carbonyl (C=O) groups excluding carboxylic acids is 1. The predicted molar refractivity (Wildman–Crippen MR) is 111 cm³/mol. The van der Waals surface area contributed by atoms with Crippen LogP contribution >= 0.6 is 11.3 Å². The summed E-state index contributed by atoms with van der Waals surface area (Å²) in [6.07, 6.45) is 0. The van der Waals surface area contributed by atoms with E-state index in [4.69, 9.17) is 14.2 Å². The standard InChI is InChI=1S/C21H21FN2O4S/c1-5-24(21-23-16(12-29-21)13-6-8-15(22)9-7-13)20(25)14-10-17(26-2)19(28-4)18(11-14)27-3/h6-12H,5H2,1-4H3. The second-order valence-electron chi connectivity index (χ2n) is 5.99. The van der Waals surface area contributed by atoms with Crippen LogP contribution in [0, 0.1) is 5.82 Å². The van der Waals surface area contributed by atoms with E-state index in [9.17, 15) is 9.18 Å². The van der Waals surface area contributed by atoms with Crippen molar-refractivity contribution in [1.82, 2.24) is 4.98 Å². The summed E-state index contributed by atoms with van der Waals surface area (Å²) in [5, 5.41) is 2.39. The van der Waals surface area contributed by atoms with Crippen molar-refractivity contribution in [2.24, 2.45) is 0 Å². The zero-order valence-electron chi connectivity index (χ0n) is 16.6. The minimum Gasteiger partial charge on any atom is -0.493 e. The van der Waals surface area contributed by atoms with Gasteiger partial charge in [-0.3, -0.25) is 9.69 Å². The molecule has 6 nitrogen and oxygen atoms in total. The monoisotopic (exact) mass is 416 g/mol. The summed E-state index contributed by atoms with van der Waals surface area (Å²) in [4.78, 5) is 19.3. The summed E-state index contributed by atoms with van der Waals surface area (Å²) < 4.78 is 29.2. The number of amides is 1. The molecule has 8 heteroatoms. The highest BCUT2D eigenvalue weighted by Crippen LogP contribution is 2.39. The molecule has 0 saturated carbocycles. The molecule has 1 heterocycles. The number of hydrogen-bond donors (Lipinski definition) is 0. The van der Waals surface area contributed by atoms with Gasteiger partial charge >= 0.3 is 0 Å². The van der Waals surface area contributed by atoms with Gasteiger partial charge in [0.2, 0.25) is 5.75 Å². The van der Waals surface area contributed by atoms with E-state index >= 15 is 0 Å². The number of carbonyl (C=O) groups is 1. The van der Waals surface area contributed by atoms with Crippen LogP contribution in [0.5, 0.6) is 17.2 Å². The first kappa shape index (κ1) is 20.6. The fourth-order valence-corrected chi connectivity index (χ4v) is 3.76. The number of aromatic nitrogens is 1. The van der Waals surface area contributed by atoms with Crippen LogP contribution in [0.3, 0.4) is 0 Å². The Morgan fingerprint density at radius 3 is 2.21 bits per heavy atom. The lowest BCUT2D eigenvalue weighted by Gasteiger charge is -2.19. The van der Waals surface area contributed by atoms with Crippen LogP contribution < -0.4 is 19.1 Å². The zero-order chi connectivity index (χ0) is 21.0. The highest BCUT2D eigenvalue weighted by molar-refractivity contribution is 7.14. The average Bonchev–Trinajstić information content (AvgIpc) is 3.23. The molecule has 0 aliphatic rings. The molecule has 0 saturated heterocycles. The molecular formula is C21H21FN2O4S. The summed E-state index contributed by atoms with van der Waals surface area (Å²) in [5.41, 5.74) is 1.85. The smallest absolute Gasteiger partial charge is 0.260 e. The molecule has 29 heavy (non-hydrogen) atoms. The molecule has 1 amide bonds. The molecule has 152 valence electrons. The van der Waals surface area contributed by atoms with Crippen LogP contribution in [0.15, 0.2) is 41.8 Å². The average molecular weight is 416 g/mol. The van der Waals surface area contributed by atoms with Crippen molar-refractivity contribution < 1.29 is 23.4 Å². The topological polar surface area (TPSA) is 60.9 Å². The summed E-state index contributed by atoms with van der Waals surface area (Å²) in [6, 6.07) is 9.30. The van der Waals surface area contributed by atoms with Crippen LogP contribution in [-0.4, -0.2) is 38.8 Å². The normalized spacial score (nSPS) is 10.5. The highest BCUT2D eigenvalue weighted by Gasteiger charge is 2.23. The van der Waals surface area contributed by atoms with Crippen molar-refractivity contribution in [2.75, 3.05) is 32.8 Å². The first-order valence-corrected chi connectivity index (χ1v) is 9.73. The molecule has 0 aliphatic carbocycles. The molecule has 0 N–H and O–H groups in total. The van der Waals surface area contributed by atoms with Gasteiger partial charge in [-0.15, -0.1) is 11.3 Å². The quantitative estimate of drug-likeness (QED) is 0.561. The number of ether oxygens (including phenoxy) is 3. The third kappa shape index (κ3) is 4.17. The van der Waals surface area contributed by atoms with E-state index in [1.165, 1.54) is 44.8 Å². The fraction of sp³-hybridized carbons (Fsp3) is 0.238. The van der Waals surface area contributed by atoms with Crippen LogP contribution in [0.1, 0.15) is 17.3 Å². The number of halogens is 1. The Kier molecular flexibility index (Phi) is 6.33. The Bertz CT molecular complexity index is 979. The van der Waals surface area contributed by atoms with E-state index in [2.05, 4.69) is 4.98 Å². The van der Waals surface area contributed by atoms with Crippen molar-refractivity contribution in [3.63, 3.8) is 0 Å². The fourth-order valence-electron chi connectivity index (χ4n) is 2.87. The van der Waals surface area contributed by atoms with Gasteiger partial charge in [-0.05, 0) is 43.3 Å². The van der Waals surface area contributed by atoms with Crippen LogP contribution in [0.4, 0.5) is 9.52 Å². The maximum Gasteiger partial charge on any atom is 0.260 e.